The lowest BCUT2D eigenvalue weighted by molar-refractivity contribution is 0.146. The van der Waals surface area contributed by atoms with Gasteiger partial charge in [0.25, 0.3) is 0 Å². The molecule has 0 bridgehead atoms. The Balaban J connectivity index is 2.38. The van der Waals surface area contributed by atoms with E-state index in [0.29, 0.717) is 19.8 Å². The summed E-state index contributed by atoms with van der Waals surface area (Å²) in [5.74, 6) is 0.863. The first kappa shape index (κ1) is 11.0. The molecule has 0 fully saturated rings. The van der Waals surface area contributed by atoms with Crippen LogP contribution >= 0.6 is 0 Å². The van der Waals surface area contributed by atoms with Gasteiger partial charge in [0, 0.05) is 14.2 Å². The lowest BCUT2D eigenvalue weighted by atomic mass is 10.2. The molecule has 3 nitrogen and oxygen atoms in total. The Morgan fingerprint density at radius 3 is 2.21 bits per heavy atom. The fourth-order valence-electron chi connectivity index (χ4n) is 1.09. The summed E-state index contributed by atoms with van der Waals surface area (Å²) in [5, 5.41) is 0. The molecule has 1 rings (SSSR count). The zero-order chi connectivity index (χ0) is 10.2. The van der Waals surface area contributed by atoms with E-state index in [1.165, 1.54) is 0 Å². The van der Waals surface area contributed by atoms with Crippen molar-refractivity contribution in [2.75, 3.05) is 27.4 Å². The monoisotopic (exact) mass is 196 g/mol. The molecule has 0 saturated carbocycles. The van der Waals surface area contributed by atoms with E-state index in [9.17, 15) is 0 Å². The Bertz CT molecular complexity index is 243. The lowest BCUT2D eigenvalue weighted by Gasteiger charge is -2.06. The standard InChI is InChI=1S/C11H16O3/c1-12-7-8-14-11-5-3-10(4-6-11)9-13-2/h3-6H,7-9H2,1-2H3. The number of hydrogen-bond donors (Lipinski definition) is 0. The topological polar surface area (TPSA) is 27.7 Å². The minimum atomic E-state index is 0.583. The molecule has 0 aliphatic rings. The summed E-state index contributed by atoms with van der Waals surface area (Å²) < 4.78 is 15.3. The molecular formula is C11H16O3. The second kappa shape index (κ2) is 6.40. The Morgan fingerprint density at radius 1 is 0.929 bits per heavy atom. The van der Waals surface area contributed by atoms with Crippen LogP contribution in [-0.2, 0) is 16.1 Å². The van der Waals surface area contributed by atoms with E-state index < -0.39 is 0 Å². The summed E-state index contributed by atoms with van der Waals surface area (Å²) in [6, 6.07) is 7.85. The molecule has 78 valence electrons. The van der Waals surface area contributed by atoms with E-state index >= 15 is 0 Å². The lowest BCUT2D eigenvalue weighted by Crippen LogP contribution is -2.04. The van der Waals surface area contributed by atoms with Crippen LogP contribution in [0.2, 0.25) is 0 Å². The van der Waals surface area contributed by atoms with Crippen molar-refractivity contribution < 1.29 is 14.2 Å². The van der Waals surface area contributed by atoms with Gasteiger partial charge in [-0.25, -0.2) is 0 Å². The summed E-state index contributed by atoms with van der Waals surface area (Å²) in [6.07, 6.45) is 0. The van der Waals surface area contributed by atoms with Crippen LogP contribution in [0.3, 0.4) is 0 Å². The Hall–Kier alpha value is -1.06. The molecule has 0 saturated heterocycles. The third kappa shape index (κ3) is 3.77. The molecular weight excluding hydrogens is 180 g/mol. The van der Waals surface area contributed by atoms with Gasteiger partial charge < -0.3 is 14.2 Å². The van der Waals surface area contributed by atoms with E-state index in [2.05, 4.69) is 0 Å². The second-order valence-corrected chi connectivity index (χ2v) is 2.92. The summed E-state index contributed by atoms with van der Waals surface area (Å²) in [6.45, 7) is 1.83. The average Bonchev–Trinajstić information content (AvgIpc) is 2.21. The fourth-order valence-corrected chi connectivity index (χ4v) is 1.09. The number of benzene rings is 1. The molecule has 0 aliphatic carbocycles. The molecule has 1 aromatic carbocycles. The maximum Gasteiger partial charge on any atom is 0.119 e. The molecule has 0 heterocycles. The van der Waals surface area contributed by atoms with Crippen LogP contribution in [0.1, 0.15) is 5.56 Å². The molecule has 0 amide bonds. The van der Waals surface area contributed by atoms with Crippen molar-refractivity contribution in [3.8, 4) is 5.75 Å². The fraction of sp³-hybridized carbons (Fsp3) is 0.455. The van der Waals surface area contributed by atoms with Gasteiger partial charge in [0.2, 0.25) is 0 Å². The largest absolute Gasteiger partial charge is 0.491 e. The molecule has 0 unspecified atom stereocenters. The minimum Gasteiger partial charge on any atom is -0.491 e. The first-order valence-electron chi connectivity index (χ1n) is 4.56. The van der Waals surface area contributed by atoms with Gasteiger partial charge in [-0.05, 0) is 17.7 Å². The van der Waals surface area contributed by atoms with Crippen molar-refractivity contribution in [3.05, 3.63) is 29.8 Å². The van der Waals surface area contributed by atoms with E-state index in [0.717, 1.165) is 11.3 Å². The van der Waals surface area contributed by atoms with Crippen molar-refractivity contribution in [2.24, 2.45) is 0 Å². The molecule has 14 heavy (non-hydrogen) atoms. The maximum atomic E-state index is 5.41. The summed E-state index contributed by atoms with van der Waals surface area (Å²) in [5.41, 5.74) is 1.14. The first-order valence-corrected chi connectivity index (χ1v) is 4.56. The highest BCUT2D eigenvalue weighted by Gasteiger charge is 1.94. The third-order valence-corrected chi connectivity index (χ3v) is 1.79. The highest BCUT2D eigenvalue weighted by Crippen LogP contribution is 2.12. The van der Waals surface area contributed by atoms with E-state index in [1.54, 1.807) is 14.2 Å². The van der Waals surface area contributed by atoms with Crippen molar-refractivity contribution in [3.63, 3.8) is 0 Å². The van der Waals surface area contributed by atoms with Gasteiger partial charge >= 0.3 is 0 Å². The van der Waals surface area contributed by atoms with Crippen LogP contribution in [-0.4, -0.2) is 27.4 Å². The molecule has 0 spiro atoms. The minimum absolute atomic E-state index is 0.583. The summed E-state index contributed by atoms with van der Waals surface area (Å²) in [4.78, 5) is 0. The van der Waals surface area contributed by atoms with Crippen molar-refractivity contribution in [1.82, 2.24) is 0 Å². The Kier molecular flexibility index (Phi) is 5.04. The second-order valence-electron chi connectivity index (χ2n) is 2.92. The predicted molar refractivity (Wildman–Crippen MR) is 54.5 cm³/mol. The van der Waals surface area contributed by atoms with Crippen molar-refractivity contribution >= 4 is 0 Å². The van der Waals surface area contributed by atoms with Gasteiger partial charge in [-0.15, -0.1) is 0 Å². The molecule has 0 N–H and O–H groups in total. The third-order valence-electron chi connectivity index (χ3n) is 1.79. The zero-order valence-corrected chi connectivity index (χ0v) is 8.66. The van der Waals surface area contributed by atoms with Crippen LogP contribution in [0, 0.1) is 0 Å². The normalized spacial score (nSPS) is 10.1. The van der Waals surface area contributed by atoms with Crippen LogP contribution in [0.15, 0.2) is 24.3 Å². The first-order chi connectivity index (χ1) is 6.86. The Morgan fingerprint density at radius 2 is 1.64 bits per heavy atom. The maximum absolute atomic E-state index is 5.41. The van der Waals surface area contributed by atoms with Gasteiger partial charge in [0.1, 0.15) is 12.4 Å². The SMILES string of the molecule is COCCOc1ccc(COC)cc1. The highest BCUT2D eigenvalue weighted by atomic mass is 16.5. The number of hydrogen-bond acceptors (Lipinski definition) is 3. The quantitative estimate of drug-likeness (QED) is 0.650. The van der Waals surface area contributed by atoms with Crippen molar-refractivity contribution in [2.45, 2.75) is 6.61 Å². The molecule has 1 aromatic rings. The van der Waals surface area contributed by atoms with Crippen LogP contribution in [0.25, 0.3) is 0 Å². The molecule has 0 radical (unpaired) electrons. The van der Waals surface area contributed by atoms with E-state index in [1.807, 2.05) is 24.3 Å². The average molecular weight is 196 g/mol. The number of rotatable bonds is 6. The highest BCUT2D eigenvalue weighted by molar-refractivity contribution is 5.26. The van der Waals surface area contributed by atoms with Gasteiger partial charge in [-0.3, -0.25) is 0 Å². The van der Waals surface area contributed by atoms with E-state index in [-0.39, 0.29) is 0 Å². The van der Waals surface area contributed by atoms with Gasteiger partial charge in [0.05, 0.1) is 13.2 Å². The summed E-state index contributed by atoms with van der Waals surface area (Å²) >= 11 is 0. The number of methoxy groups -OCH3 is 2. The van der Waals surface area contributed by atoms with Gasteiger partial charge in [-0.2, -0.15) is 0 Å². The number of ether oxygens (including phenoxy) is 3. The van der Waals surface area contributed by atoms with Gasteiger partial charge in [-0.1, -0.05) is 12.1 Å². The van der Waals surface area contributed by atoms with Crippen LogP contribution in [0.4, 0.5) is 0 Å². The molecule has 3 heteroatoms. The summed E-state index contributed by atoms with van der Waals surface area (Å²) in [7, 11) is 3.34. The van der Waals surface area contributed by atoms with Crippen LogP contribution < -0.4 is 4.74 Å². The molecule has 0 atom stereocenters. The van der Waals surface area contributed by atoms with Gasteiger partial charge in [0.15, 0.2) is 0 Å². The predicted octanol–water partition coefficient (Wildman–Crippen LogP) is 1.86. The Labute approximate surface area is 84.6 Å². The van der Waals surface area contributed by atoms with Crippen LogP contribution in [0.5, 0.6) is 5.75 Å². The van der Waals surface area contributed by atoms with Crippen molar-refractivity contribution in [1.29, 1.82) is 0 Å². The molecule has 0 aromatic heterocycles. The smallest absolute Gasteiger partial charge is 0.119 e. The molecule has 0 aliphatic heterocycles. The van der Waals surface area contributed by atoms with E-state index in [4.69, 9.17) is 14.2 Å². The zero-order valence-electron chi connectivity index (χ0n) is 8.66.